The minimum Gasteiger partial charge on any atom is -0.497 e. The summed E-state index contributed by atoms with van der Waals surface area (Å²) in [6.07, 6.45) is 1.55. The average molecular weight is 257 g/mol. The van der Waals surface area contributed by atoms with Crippen molar-refractivity contribution in [3.05, 3.63) is 53.6 Å². The predicted octanol–water partition coefficient (Wildman–Crippen LogP) is 2.71. The molecule has 0 aliphatic rings. The number of nitriles is 1. The van der Waals surface area contributed by atoms with Gasteiger partial charge in [0, 0.05) is 24.4 Å². The molecule has 1 N–H and O–H groups in total. The van der Waals surface area contributed by atoms with Crippen LogP contribution in [0.2, 0.25) is 0 Å². The van der Waals surface area contributed by atoms with Crippen molar-refractivity contribution < 1.29 is 9.13 Å². The smallest absolute Gasteiger partial charge is 0.146 e. The largest absolute Gasteiger partial charge is 0.497 e. The fourth-order valence-electron chi connectivity index (χ4n) is 1.64. The molecule has 4 nitrogen and oxygen atoms in total. The van der Waals surface area contributed by atoms with Gasteiger partial charge in [-0.2, -0.15) is 5.26 Å². The van der Waals surface area contributed by atoms with Gasteiger partial charge in [0.15, 0.2) is 0 Å². The molecule has 0 bridgehead atoms. The minimum atomic E-state index is -0.372. The van der Waals surface area contributed by atoms with E-state index < -0.39 is 0 Å². The summed E-state index contributed by atoms with van der Waals surface area (Å²) >= 11 is 0. The molecule has 96 valence electrons. The standard InChI is InChI=1S/C14H12FN3O/c1-19-11-4-5-12(15)13(7-11)18-9-10-3-2-6-17-14(10)8-16/h2-7,18H,9H2,1H3. The number of aromatic nitrogens is 1. The molecule has 2 rings (SSSR count). The van der Waals surface area contributed by atoms with Crippen molar-refractivity contribution in [3.63, 3.8) is 0 Å². The topological polar surface area (TPSA) is 57.9 Å². The Bertz CT molecular complexity index is 622. The van der Waals surface area contributed by atoms with Crippen molar-refractivity contribution in [1.29, 1.82) is 5.26 Å². The third-order valence-corrected chi connectivity index (χ3v) is 2.64. The number of anilines is 1. The molecule has 1 aromatic carbocycles. The molecule has 0 atom stereocenters. The number of hydrogen-bond acceptors (Lipinski definition) is 4. The van der Waals surface area contributed by atoms with E-state index in [2.05, 4.69) is 10.3 Å². The second-order valence-electron chi connectivity index (χ2n) is 3.82. The number of methoxy groups -OCH3 is 1. The van der Waals surface area contributed by atoms with Gasteiger partial charge < -0.3 is 10.1 Å². The molecule has 0 unspecified atom stereocenters. The molecule has 0 spiro atoms. The van der Waals surface area contributed by atoms with Crippen LogP contribution < -0.4 is 10.1 Å². The van der Waals surface area contributed by atoms with Crippen LogP contribution in [0.5, 0.6) is 5.75 Å². The third kappa shape index (κ3) is 2.99. The van der Waals surface area contributed by atoms with Crippen molar-refractivity contribution >= 4 is 5.69 Å². The van der Waals surface area contributed by atoms with Crippen molar-refractivity contribution in [2.75, 3.05) is 12.4 Å². The Morgan fingerprint density at radius 2 is 2.26 bits per heavy atom. The lowest BCUT2D eigenvalue weighted by Crippen LogP contribution is -2.04. The molecule has 0 amide bonds. The highest BCUT2D eigenvalue weighted by Gasteiger charge is 2.06. The van der Waals surface area contributed by atoms with Crippen molar-refractivity contribution in [2.45, 2.75) is 6.54 Å². The number of halogens is 1. The van der Waals surface area contributed by atoms with Crippen LogP contribution in [0, 0.1) is 17.1 Å². The molecule has 2 aromatic rings. The first kappa shape index (κ1) is 12.8. The summed E-state index contributed by atoms with van der Waals surface area (Å²) in [6, 6.07) is 9.95. The van der Waals surface area contributed by atoms with Gasteiger partial charge in [-0.05, 0) is 18.2 Å². The first-order valence-corrected chi connectivity index (χ1v) is 5.66. The minimum absolute atomic E-state index is 0.320. The van der Waals surface area contributed by atoms with Gasteiger partial charge in [-0.25, -0.2) is 9.37 Å². The van der Waals surface area contributed by atoms with E-state index in [-0.39, 0.29) is 5.82 Å². The monoisotopic (exact) mass is 257 g/mol. The number of pyridine rings is 1. The van der Waals surface area contributed by atoms with E-state index in [0.29, 0.717) is 29.2 Å². The highest BCUT2D eigenvalue weighted by molar-refractivity contribution is 5.50. The summed E-state index contributed by atoms with van der Waals surface area (Å²) in [5.41, 5.74) is 1.37. The number of hydrogen-bond donors (Lipinski definition) is 1. The van der Waals surface area contributed by atoms with Gasteiger partial charge in [-0.3, -0.25) is 0 Å². The number of benzene rings is 1. The van der Waals surface area contributed by atoms with Crippen LogP contribution in [0.15, 0.2) is 36.5 Å². The molecule has 0 saturated heterocycles. The fourth-order valence-corrected chi connectivity index (χ4v) is 1.64. The van der Waals surface area contributed by atoms with Crippen LogP contribution >= 0.6 is 0 Å². The van der Waals surface area contributed by atoms with E-state index in [9.17, 15) is 4.39 Å². The maximum Gasteiger partial charge on any atom is 0.146 e. The van der Waals surface area contributed by atoms with Crippen LogP contribution in [-0.2, 0) is 6.54 Å². The zero-order valence-corrected chi connectivity index (χ0v) is 10.4. The van der Waals surface area contributed by atoms with Crippen molar-refractivity contribution in [3.8, 4) is 11.8 Å². The molecule has 19 heavy (non-hydrogen) atoms. The molecule has 1 aromatic heterocycles. The lowest BCUT2D eigenvalue weighted by atomic mass is 10.2. The van der Waals surface area contributed by atoms with E-state index >= 15 is 0 Å². The Morgan fingerprint density at radius 3 is 3.00 bits per heavy atom. The number of ether oxygens (including phenoxy) is 1. The average Bonchev–Trinajstić information content (AvgIpc) is 2.46. The molecule has 0 fully saturated rings. The second kappa shape index (κ2) is 5.83. The summed E-state index contributed by atoms with van der Waals surface area (Å²) in [5.74, 6) is 0.193. The summed E-state index contributed by atoms with van der Waals surface area (Å²) < 4.78 is 18.6. The molecule has 1 heterocycles. The number of rotatable bonds is 4. The van der Waals surface area contributed by atoms with Crippen LogP contribution in [0.3, 0.4) is 0 Å². The van der Waals surface area contributed by atoms with Crippen LogP contribution in [0.25, 0.3) is 0 Å². The van der Waals surface area contributed by atoms with Crippen molar-refractivity contribution in [2.24, 2.45) is 0 Å². The van der Waals surface area contributed by atoms with Gasteiger partial charge in [-0.15, -0.1) is 0 Å². The molecule has 5 heteroatoms. The molecular weight excluding hydrogens is 245 g/mol. The Labute approximate surface area is 110 Å². The van der Waals surface area contributed by atoms with Crippen LogP contribution in [-0.4, -0.2) is 12.1 Å². The normalized spacial score (nSPS) is 9.74. The third-order valence-electron chi connectivity index (χ3n) is 2.64. The van der Waals surface area contributed by atoms with E-state index in [0.717, 1.165) is 0 Å². The van der Waals surface area contributed by atoms with Gasteiger partial charge in [0.05, 0.1) is 12.8 Å². The summed E-state index contributed by atoms with van der Waals surface area (Å²) in [7, 11) is 1.52. The second-order valence-corrected chi connectivity index (χ2v) is 3.82. The fraction of sp³-hybridized carbons (Fsp3) is 0.143. The molecule has 0 saturated carbocycles. The van der Waals surface area contributed by atoms with Gasteiger partial charge in [0.2, 0.25) is 0 Å². The SMILES string of the molecule is COc1ccc(F)c(NCc2cccnc2C#N)c1. The number of nitrogens with one attached hydrogen (secondary N) is 1. The zero-order valence-electron chi connectivity index (χ0n) is 10.4. The molecule has 0 aliphatic heterocycles. The maximum atomic E-state index is 13.6. The van der Waals surface area contributed by atoms with Crippen LogP contribution in [0.1, 0.15) is 11.3 Å². The Morgan fingerprint density at radius 1 is 1.42 bits per heavy atom. The van der Waals surface area contributed by atoms with E-state index in [1.165, 1.54) is 13.2 Å². The summed E-state index contributed by atoms with van der Waals surface area (Å²) in [5, 5.41) is 11.9. The first-order chi connectivity index (χ1) is 9.24. The van der Waals surface area contributed by atoms with Crippen molar-refractivity contribution in [1.82, 2.24) is 4.98 Å². The highest BCUT2D eigenvalue weighted by Crippen LogP contribution is 2.21. The quantitative estimate of drug-likeness (QED) is 0.914. The van der Waals surface area contributed by atoms with E-state index in [4.69, 9.17) is 10.00 Å². The highest BCUT2D eigenvalue weighted by atomic mass is 19.1. The van der Waals surface area contributed by atoms with Gasteiger partial charge in [0.1, 0.15) is 23.3 Å². The van der Waals surface area contributed by atoms with Gasteiger partial charge >= 0.3 is 0 Å². The first-order valence-electron chi connectivity index (χ1n) is 5.66. The summed E-state index contributed by atoms with van der Waals surface area (Å²) in [4.78, 5) is 3.95. The summed E-state index contributed by atoms with van der Waals surface area (Å²) in [6.45, 7) is 0.320. The predicted molar refractivity (Wildman–Crippen MR) is 69.2 cm³/mol. The van der Waals surface area contributed by atoms with E-state index in [1.807, 2.05) is 6.07 Å². The Balaban J connectivity index is 2.17. The lowest BCUT2D eigenvalue weighted by molar-refractivity contribution is 0.414. The molecule has 0 aliphatic carbocycles. The lowest BCUT2D eigenvalue weighted by Gasteiger charge is -2.09. The van der Waals surface area contributed by atoms with Gasteiger partial charge in [0.25, 0.3) is 0 Å². The van der Waals surface area contributed by atoms with Gasteiger partial charge in [-0.1, -0.05) is 6.07 Å². The van der Waals surface area contributed by atoms with E-state index in [1.54, 1.807) is 30.5 Å². The Hall–Kier alpha value is -2.61. The Kier molecular flexibility index (Phi) is 3.94. The van der Waals surface area contributed by atoms with Crippen LogP contribution in [0.4, 0.5) is 10.1 Å². The number of nitrogens with zero attached hydrogens (tertiary/aromatic N) is 2. The maximum absolute atomic E-state index is 13.6. The molecular formula is C14H12FN3O. The molecule has 0 radical (unpaired) electrons. The zero-order chi connectivity index (χ0) is 13.7.